The lowest BCUT2D eigenvalue weighted by molar-refractivity contribution is -0.132. The number of amides is 2. The van der Waals surface area contributed by atoms with Crippen molar-refractivity contribution in [3.8, 4) is 0 Å². The van der Waals surface area contributed by atoms with Crippen LogP contribution in [-0.4, -0.2) is 27.6 Å². The summed E-state index contributed by atoms with van der Waals surface area (Å²) in [5, 5.41) is 9.44. The summed E-state index contributed by atoms with van der Waals surface area (Å²) in [4.78, 5) is 23.9. The normalized spacial score (nSPS) is 18.2. The molecule has 6 heteroatoms. The summed E-state index contributed by atoms with van der Waals surface area (Å²) in [6.07, 6.45) is 9.78. The van der Waals surface area contributed by atoms with E-state index in [0.29, 0.717) is 25.7 Å². The number of hydrogen-bond acceptors (Lipinski definition) is 3. The van der Waals surface area contributed by atoms with E-state index in [-0.39, 0.29) is 5.91 Å². The molecule has 1 aliphatic carbocycles. The molecule has 1 aliphatic rings. The summed E-state index contributed by atoms with van der Waals surface area (Å²) < 4.78 is 0. The van der Waals surface area contributed by atoms with E-state index in [4.69, 9.17) is 5.73 Å². The SMILES string of the molecule is NC(=O)C1(NC(=O)CCc2cn[nH]c2)CCCCCC1. The van der Waals surface area contributed by atoms with Crippen LogP contribution in [0.3, 0.4) is 0 Å². The van der Waals surface area contributed by atoms with Gasteiger partial charge in [-0.2, -0.15) is 5.10 Å². The molecule has 4 N–H and O–H groups in total. The molecule has 2 amide bonds. The summed E-state index contributed by atoms with van der Waals surface area (Å²) in [6.45, 7) is 0. The monoisotopic (exact) mass is 278 g/mol. The number of rotatable bonds is 5. The summed E-state index contributed by atoms with van der Waals surface area (Å²) in [7, 11) is 0. The topological polar surface area (TPSA) is 101 Å². The summed E-state index contributed by atoms with van der Waals surface area (Å²) in [5.74, 6) is -0.525. The molecule has 0 unspecified atom stereocenters. The van der Waals surface area contributed by atoms with Gasteiger partial charge in [-0.1, -0.05) is 25.7 Å². The van der Waals surface area contributed by atoms with E-state index in [2.05, 4.69) is 15.5 Å². The Balaban J connectivity index is 1.93. The van der Waals surface area contributed by atoms with Crippen molar-refractivity contribution in [2.45, 2.75) is 56.9 Å². The molecule has 20 heavy (non-hydrogen) atoms. The lowest BCUT2D eigenvalue weighted by atomic mass is 9.89. The second-order valence-electron chi connectivity index (χ2n) is 5.52. The fourth-order valence-corrected chi connectivity index (χ4v) is 2.77. The molecule has 1 heterocycles. The number of aromatic amines is 1. The van der Waals surface area contributed by atoms with Crippen LogP contribution in [0.25, 0.3) is 0 Å². The summed E-state index contributed by atoms with van der Waals surface area (Å²) in [6, 6.07) is 0. The predicted molar refractivity (Wildman–Crippen MR) is 74.7 cm³/mol. The van der Waals surface area contributed by atoms with Crippen LogP contribution in [0.15, 0.2) is 12.4 Å². The van der Waals surface area contributed by atoms with Crippen LogP contribution >= 0.6 is 0 Å². The van der Waals surface area contributed by atoms with Gasteiger partial charge in [-0.3, -0.25) is 14.7 Å². The van der Waals surface area contributed by atoms with Gasteiger partial charge in [-0.05, 0) is 24.8 Å². The molecule has 0 aromatic carbocycles. The van der Waals surface area contributed by atoms with Crippen LogP contribution in [0.4, 0.5) is 0 Å². The van der Waals surface area contributed by atoms with Gasteiger partial charge in [0.2, 0.25) is 11.8 Å². The molecule has 0 spiro atoms. The van der Waals surface area contributed by atoms with Crippen molar-refractivity contribution in [1.82, 2.24) is 15.5 Å². The van der Waals surface area contributed by atoms with Gasteiger partial charge in [-0.15, -0.1) is 0 Å². The van der Waals surface area contributed by atoms with Crippen molar-refractivity contribution >= 4 is 11.8 Å². The van der Waals surface area contributed by atoms with Crippen molar-refractivity contribution in [2.24, 2.45) is 5.73 Å². The van der Waals surface area contributed by atoms with Crippen LogP contribution in [0.1, 0.15) is 50.5 Å². The molecule has 1 aromatic rings. The molecule has 0 bridgehead atoms. The minimum absolute atomic E-state index is 0.119. The van der Waals surface area contributed by atoms with Gasteiger partial charge in [0, 0.05) is 12.6 Å². The molecule has 0 aliphatic heterocycles. The standard InChI is InChI=1S/C14H22N4O2/c15-13(20)14(7-3-1-2-4-8-14)18-12(19)6-5-11-9-16-17-10-11/h9-10H,1-8H2,(H2,15,20)(H,16,17)(H,18,19). The smallest absolute Gasteiger partial charge is 0.243 e. The van der Waals surface area contributed by atoms with Crippen molar-refractivity contribution in [1.29, 1.82) is 0 Å². The molecule has 0 atom stereocenters. The van der Waals surface area contributed by atoms with Crippen molar-refractivity contribution in [3.05, 3.63) is 18.0 Å². The molecular formula is C14H22N4O2. The first-order chi connectivity index (χ1) is 9.62. The van der Waals surface area contributed by atoms with E-state index in [1.54, 1.807) is 12.4 Å². The van der Waals surface area contributed by atoms with Crippen LogP contribution in [0.5, 0.6) is 0 Å². The van der Waals surface area contributed by atoms with Gasteiger partial charge < -0.3 is 11.1 Å². The Morgan fingerprint density at radius 1 is 1.30 bits per heavy atom. The minimum Gasteiger partial charge on any atom is -0.368 e. The number of hydrogen-bond donors (Lipinski definition) is 3. The van der Waals surface area contributed by atoms with Gasteiger partial charge in [0.15, 0.2) is 0 Å². The number of nitrogens with one attached hydrogen (secondary N) is 2. The molecule has 1 aromatic heterocycles. The zero-order valence-corrected chi connectivity index (χ0v) is 11.7. The Hall–Kier alpha value is -1.85. The van der Waals surface area contributed by atoms with E-state index < -0.39 is 11.4 Å². The number of nitrogens with zero attached hydrogens (tertiary/aromatic N) is 1. The van der Waals surface area contributed by atoms with Gasteiger partial charge in [0.1, 0.15) is 5.54 Å². The van der Waals surface area contributed by atoms with Gasteiger partial charge in [0.25, 0.3) is 0 Å². The number of nitrogens with two attached hydrogens (primary N) is 1. The highest BCUT2D eigenvalue weighted by Gasteiger charge is 2.37. The van der Waals surface area contributed by atoms with Gasteiger partial charge >= 0.3 is 0 Å². The number of primary amides is 1. The number of H-pyrrole nitrogens is 1. The van der Waals surface area contributed by atoms with Crippen molar-refractivity contribution < 1.29 is 9.59 Å². The number of carbonyl (C=O) groups is 2. The maximum atomic E-state index is 12.1. The first kappa shape index (κ1) is 14.6. The number of carbonyl (C=O) groups excluding carboxylic acids is 2. The Bertz CT molecular complexity index is 448. The third-order valence-electron chi connectivity index (χ3n) is 4.00. The second kappa shape index (κ2) is 6.54. The zero-order chi connectivity index (χ0) is 14.4. The highest BCUT2D eigenvalue weighted by Crippen LogP contribution is 2.27. The number of aryl methyl sites for hydroxylation is 1. The van der Waals surface area contributed by atoms with Gasteiger partial charge in [0.05, 0.1) is 6.20 Å². The average molecular weight is 278 g/mol. The minimum atomic E-state index is -0.843. The molecule has 0 radical (unpaired) electrons. The molecule has 6 nitrogen and oxygen atoms in total. The quantitative estimate of drug-likeness (QED) is 0.701. The van der Waals surface area contributed by atoms with E-state index in [9.17, 15) is 9.59 Å². The fourth-order valence-electron chi connectivity index (χ4n) is 2.77. The Morgan fingerprint density at radius 2 is 2.00 bits per heavy atom. The lowest BCUT2D eigenvalue weighted by Gasteiger charge is -2.30. The Kier molecular flexibility index (Phi) is 4.76. The van der Waals surface area contributed by atoms with E-state index in [1.807, 2.05) is 0 Å². The lowest BCUT2D eigenvalue weighted by Crippen LogP contribution is -2.57. The van der Waals surface area contributed by atoms with Crippen LogP contribution in [-0.2, 0) is 16.0 Å². The average Bonchev–Trinajstić information content (AvgIpc) is 2.82. The maximum absolute atomic E-state index is 12.1. The molecule has 2 rings (SSSR count). The number of aromatic nitrogens is 2. The second-order valence-corrected chi connectivity index (χ2v) is 5.52. The predicted octanol–water partition coefficient (Wildman–Crippen LogP) is 1.04. The Labute approximate surface area is 118 Å². The largest absolute Gasteiger partial charge is 0.368 e. The van der Waals surface area contributed by atoms with E-state index in [1.165, 1.54) is 0 Å². The highest BCUT2D eigenvalue weighted by molar-refractivity contribution is 5.90. The molecular weight excluding hydrogens is 256 g/mol. The van der Waals surface area contributed by atoms with Crippen molar-refractivity contribution in [2.75, 3.05) is 0 Å². The van der Waals surface area contributed by atoms with Gasteiger partial charge in [-0.25, -0.2) is 0 Å². The van der Waals surface area contributed by atoms with Crippen LogP contribution in [0, 0.1) is 0 Å². The molecule has 0 saturated heterocycles. The first-order valence-electron chi connectivity index (χ1n) is 7.21. The highest BCUT2D eigenvalue weighted by atomic mass is 16.2. The molecule has 110 valence electrons. The third-order valence-corrected chi connectivity index (χ3v) is 4.00. The maximum Gasteiger partial charge on any atom is 0.243 e. The van der Waals surface area contributed by atoms with Crippen molar-refractivity contribution in [3.63, 3.8) is 0 Å². The van der Waals surface area contributed by atoms with E-state index in [0.717, 1.165) is 31.2 Å². The fraction of sp³-hybridized carbons (Fsp3) is 0.643. The first-order valence-corrected chi connectivity index (χ1v) is 7.21. The third kappa shape index (κ3) is 3.59. The summed E-state index contributed by atoms with van der Waals surface area (Å²) in [5.41, 5.74) is 5.68. The van der Waals surface area contributed by atoms with Crippen LogP contribution in [0.2, 0.25) is 0 Å². The van der Waals surface area contributed by atoms with E-state index >= 15 is 0 Å². The molecule has 1 fully saturated rings. The summed E-state index contributed by atoms with van der Waals surface area (Å²) >= 11 is 0. The Morgan fingerprint density at radius 3 is 2.55 bits per heavy atom. The molecule has 1 saturated carbocycles. The zero-order valence-electron chi connectivity index (χ0n) is 11.7. The van der Waals surface area contributed by atoms with Crippen LogP contribution < -0.4 is 11.1 Å².